The van der Waals surface area contributed by atoms with E-state index in [0.717, 1.165) is 70.6 Å². The molecule has 0 saturated carbocycles. The van der Waals surface area contributed by atoms with E-state index in [1.807, 2.05) is 21.1 Å². The first-order chi connectivity index (χ1) is 39.0. The van der Waals surface area contributed by atoms with Crippen molar-refractivity contribution < 1.29 is 42.1 Å². The molecule has 9 nitrogen and oxygen atoms in total. The van der Waals surface area contributed by atoms with Crippen LogP contribution < -0.4 is 0 Å². The molecule has 10 heteroatoms. The molecule has 2 unspecified atom stereocenters. The number of unbranched alkanes of at least 4 members (excludes halogenated alkanes) is 36. The summed E-state index contributed by atoms with van der Waals surface area (Å²) in [5, 5.41) is 0. The number of carbonyl (C=O) groups excluding carboxylic acids is 2. The van der Waals surface area contributed by atoms with E-state index in [1.54, 1.807) is 0 Å². The molecule has 466 valence electrons. The summed E-state index contributed by atoms with van der Waals surface area (Å²) in [6, 6.07) is 0. The van der Waals surface area contributed by atoms with E-state index >= 15 is 0 Å². The summed E-state index contributed by atoms with van der Waals surface area (Å²) in [7, 11) is 1.45. The Morgan fingerprint density at radius 2 is 0.713 bits per heavy atom. The maximum absolute atomic E-state index is 12.8. The maximum atomic E-state index is 12.8. The molecule has 0 aliphatic rings. The Hall–Kier alpha value is -2.55. The second-order valence-corrected chi connectivity index (χ2v) is 25.3. The Bertz CT molecular complexity index is 1580. The molecule has 0 spiro atoms. The molecule has 0 fully saturated rings. The van der Waals surface area contributed by atoms with Crippen LogP contribution in [-0.4, -0.2) is 74.9 Å². The van der Waals surface area contributed by atoms with Gasteiger partial charge in [-0.1, -0.05) is 305 Å². The molecular weight excluding hydrogens is 1010 g/mol. The molecule has 0 aliphatic heterocycles. The van der Waals surface area contributed by atoms with Crippen LogP contribution in [0.3, 0.4) is 0 Å². The average Bonchev–Trinajstić information content (AvgIpc) is 3.42. The van der Waals surface area contributed by atoms with E-state index < -0.39 is 26.5 Å². The summed E-state index contributed by atoms with van der Waals surface area (Å²) >= 11 is 0. The van der Waals surface area contributed by atoms with Gasteiger partial charge in [-0.2, -0.15) is 0 Å². The predicted molar refractivity (Wildman–Crippen MR) is 344 cm³/mol. The Labute approximate surface area is 495 Å². The first kappa shape index (κ1) is 77.5. The van der Waals surface area contributed by atoms with Crippen LogP contribution in [0, 0.1) is 0 Å². The van der Waals surface area contributed by atoms with Gasteiger partial charge < -0.3 is 18.9 Å². The van der Waals surface area contributed by atoms with Crippen LogP contribution in [0.25, 0.3) is 0 Å². The minimum absolute atomic E-state index is 0.0211. The van der Waals surface area contributed by atoms with E-state index in [2.05, 4.69) is 86.8 Å². The van der Waals surface area contributed by atoms with Crippen molar-refractivity contribution in [2.24, 2.45) is 0 Å². The van der Waals surface area contributed by atoms with Gasteiger partial charge in [0.15, 0.2) is 6.10 Å². The number of phosphoric ester groups is 1. The SMILES string of the molecule is CC/C=C\C/C=C\C/C=C\C/C=C\C/C=C\C/C=C\CCCCC(=O)OC(COC(=O)CCCCCCCCCCCCCCCCCCCCCCCCCCCCCCCCCCCCC)COP(=O)(O)OCC[N+](C)(C)C. The van der Waals surface area contributed by atoms with E-state index in [-0.39, 0.29) is 32.0 Å². The maximum Gasteiger partial charge on any atom is 0.472 e. The quantitative estimate of drug-likeness (QED) is 0.0211. The van der Waals surface area contributed by atoms with Gasteiger partial charge in [0.05, 0.1) is 27.7 Å². The third kappa shape index (κ3) is 64.6. The summed E-state index contributed by atoms with van der Waals surface area (Å²) in [6.07, 6.45) is 81.7. The zero-order valence-electron chi connectivity index (χ0n) is 53.1. The van der Waals surface area contributed by atoms with Gasteiger partial charge in [-0.3, -0.25) is 18.6 Å². The first-order valence-corrected chi connectivity index (χ1v) is 35.2. The molecule has 0 saturated heterocycles. The normalized spacial score (nSPS) is 13.6. The Kier molecular flexibility index (Phi) is 59.1. The van der Waals surface area contributed by atoms with Crippen LogP contribution in [0.1, 0.15) is 309 Å². The number of rotatable bonds is 62. The minimum atomic E-state index is -4.40. The Morgan fingerprint density at radius 1 is 0.400 bits per heavy atom. The standard InChI is InChI=1S/C70H128NO8P/c1-6-8-10-12-14-16-18-20-22-24-26-28-29-30-31-32-33-34-35-36-37-38-39-40-41-43-44-46-48-50-52-54-56-58-60-62-69(72)76-66-68(67-78-80(74,75)77-65-64-71(3,4)5)79-70(73)63-61-59-57-55-53-51-49-47-45-42-27-25-23-21-19-17-15-13-11-9-7-2/h9,11,15,17,21,23,27,42,47,49,53,55,68H,6-8,10,12-14,16,18-20,22,24-26,28-41,43-46,48,50-52,54,56-67H2,1-5H3/p+1/b11-9-,17-15-,23-21-,42-27-,49-47-,55-53-. The van der Waals surface area contributed by atoms with E-state index in [1.165, 1.54) is 205 Å². The van der Waals surface area contributed by atoms with Crippen LogP contribution >= 0.6 is 7.82 Å². The van der Waals surface area contributed by atoms with Gasteiger partial charge in [0.25, 0.3) is 0 Å². The molecule has 0 aliphatic carbocycles. The number of allylic oxidation sites excluding steroid dienone is 12. The van der Waals surface area contributed by atoms with Gasteiger partial charge in [-0.15, -0.1) is 0 Å². The van der Waals surface area contributed by atoms with Crippen molar-refractivity contribution in [2.75, 3.05) is 47.5 Å². The Morgan fingerprint density at radius 3 is 1.06 bits per heavy atom. The zero-order chi connectivity index (χ0) is 58.4. The number of hydrogen-bond acceptors (Lipinski definition) is 7. The fraction of sp³-hybridized carbons (Fsp3) is 0.800. The van der Waals surface area contributed by atoms with E-state index in [0.29, 0.717) is 17.4 Å². The molecule has 0 radical (unpaired) electrons. The molecule has 0 amide bonds. The van der Waals surface area contributed by atoms with E-state index in [9.17, 15) is 19.0 Å². The number of carbonyl (C=O) groups is 2. The number of hydrogen-bond donors (Lipinski definition) is 1. The van der Waals surface area contributed by atoms with Gasteiger partial charge >= 0.3 is 19.8 Å². The van der Waals surface area contributed by atoms with Crippen molar-refractivity contribution in [1.82, 2.24) is 0 Å². The smallest absolute Gasteiger partial charge is 0.462 e. The summed E-state index contributed by atoms with van der Waals surface area (Å²) in [6.45, 7) is 4.30. The molecule has 80 heavy (non-hydrogen) atoms. The topological polar surface area (TPSA) is 108 Å². The lowest BCUT2D eigenvalue weighted by Gasteiger charge is -2.24. The third-order valence-corrected chi connectivity index (χ3v) is 15.7. The number of ether oxygens (including phenoxy) is 2. The monoisotopic (exact) mass is 1140 g/mol. The summed E-state index contributed by atoms with van der Waals surface area (Å²) in [5.41, 5.74) is 0. The first-order valence-electron chi connectivity index (χ1n) is 33.7. The number of phosphoric acid groups is 1. The van der Waals surface area contributed by atoms with Gasteiger partial charge in [-0.25, -0.2) is 4.57 Å². The summed E-state index contributed by atoms with van der Waals surface area (Å²) in [4.78, 5) is 35.8. The zero-order valence-corrected chi connectivity index (χ0v) is 54.0. The van der Waals surface area contributed by atoms with Crippen LogP contribution in [0.5, 0.6) is 0 Å². The van der Waals surface area contributed by atoms with E-state index in [4.69, 9.17) is 18.5 Å². The third-order valence-electron chi connectivity index (χ3n) is 14.8. The molecule has 1 N–H and O–H groups in total. The van der Waals surface area contributed by atoms with Crippen molar-refractivity contribution in [3.8, 4) is 0 Å². The highest BCUT2D eigenvalue weighted by Gasteiger charge is 2.27. The van der Waals surface area contributed by atoms with Gasteiger partial charge in [0.1, 0.15) is 19.8 Å². The fourth-order valence-electron chi connectivity index (χ4n) is 9.61. The predicted octanol–water partition coefficient (Wildman–Crippen LogP) is 21.6. The van der Waals surface area contributed by atoms with Gasteiger partial charge in [-0.05, 0) is 64.2 Å². The molecule has 0 aromatic rings. The minimum Gasteiger partial charge on any atom is -0.462 e. The second kappa shape index (κ2) is 61.0. The second-order valence-electron chi connectivity index (χ2n) is 23.8. The number of nitrogens with zero attached hydrogens (tertiary/aromatic N) is 1. The molecule has 0 rings (SSSR count). The lowest BCUT2D eigenvalue weighted by atomic mass is 10.0. The summed E-state index contributed by atoms with van der Waals surface area (Å²) < 4.78 is 34.6. The lowest BCUT2D eigenvalue weighted by Crippen LogP contribution is -2.37. The number of esters is 2. The van der Waals surface area contributed by atoms with Gasteiger partial charge in [0.2, 0.25) is 0 Å². The summed E-state index contributed by atoms with van der Waals surface area (Å²) in [5.74, 6) is -0.840. The number of likely N-dealkylation sites (N-methyl/N-ethyl adjacent to an activating group) is 1. The van der Waals surface area contributed by atoms with Crippen LogP contribution in [0.2, 0.25) is 0 Å². The van der Waals surface area contributed by atoms with Crippen LogP contribution in [0.15, 0.2) is 72.9 Å². The molecule has 0 heterocycles. The Balaban J connectivity index is 4.02. The van der Waals surface area contributed by atoms with Crippen molar-refractivity contribution in [2.45, 2.75) is 315 Å². The fourth-order valence-corrected chi connectivity index (χ4v) is 10.4. The highest BCUT2D eigenvalue weighted by Crippen LogP contribution is 2.43. The highest BCUT2D eigenvalue weighted by atomic mass is 31.2. The van der Waals surface area contributed by atoms with Crippen molar-refractivity contribution >= 4 is 19.8 Å². The molecule has 0 bridgehead atoms. The van der Waals surface area contributed by atoms with Crippen molar-refractivity contribution in [3.05, 3.63) is 72.9 Å². The van der Waals surface area contributed by atoms with Crippen molar-refractivity contribution in [3.63, 3.8) is 0 Å². The molecule has 0 aromatic carbocycles. The van der Waals surface area contributed by atoms with Gasteiger partial charge in [0, 0.05) is 12.8 Å². The number of quaternary nitrogens is 1. The van der Waals surface area contributed by atoms with Crippen molar-refractivity contribution in [1.29, 1.82) is 0 Å². The highest BCUT2D eigenvalue weighted by molar-refractivity contribution is 7.47. The van der Waals surface area contributed by atoms with Crippen LogP contribution in [0.4, 0.5) is 0 Å². The molecular formula is C70H129NO8P+. The molecule has 2 atom stereocenters. The lowest BCUT2D eigenvalue weighted by molar-refractivity contribution is -0.870. The average molecular weight is 1140 g/mol. The van der Waals surface area contributed by atoms with Crippen LogP contribution in [-0.2, 0) is 32.7 Å². The molecule has 0 aromatic heterocycles. The largest absolute Gasteiger partial charge is 0.472 e.